The van der Waals surface area contributed by atoms with Gasteiger partial charge in [-0.25, -0.2) is 0 Å². The molecule has 0 amide bonds. The molecule has 1 N–H and O–H groups in total. The molecule has 0 radical (unpaired) electrons. The molecule has 3 heteroatoms. The fraction of sp³-hybridized carbons (Fsp3) is 0.706. The van der Waals surface area contributed by atoms with Crippen molar-refractivity contribution in [1.82, 2.24) is 15.2 Å². The number of aromatic nitrogens is 1. The summed E-state index contributed by atoms with van der Waals surface area (Å²) >= 11 is 0. The molecular formula is C17H29N3. The topological polar surface area (TPSA) is 28.2 Å². The Hall–Kier alpha value is -0.930. The number of hydrogen-bond acceptors (Lipinski definition) is 3. The van der Waals surface area contributed by atoms with Gasteiger partial charge in [0.05, 0.1) is 5.69 Å². The molecule has 3 nitrogen and oxygen atoms in total. The fourth-order valence-electron chi connectivity index (χ4n) is 2.99. The summed E-state index contributed by atoms with van der Waals surface area (Å²) in [7, 11) is 2.24. The van der Waals surface area contributed by atoms with E-state index >= 15 is 0 Å². The van der Waals surface area contributed by atoms with Crippen molar-refractivity contribution in [3.8, 4) is 0 Å². The third-order valence-electron chi connectivity index (χ3n) is 4.49. The molecule has 0 bridgehead atoms. The van der Waals surface area contributed by atoms with Crippen LogP contribution in [0.15, 0.2) is 18.3 Å². The van der Waals surface area contributed by atoms with Gasteiger partial charge in [0.25, 0.3) is 0 Å². The van der Waals surface area contributed by atoms with Crippen molar-refractivity contribution >= 4 is 0 Å². The number of hydrogen-bond donors (Lipinski definition) is 1. The van der Waals surface area contributed by atoms with E-state index in [-0.39, 0.29) is 0 Å². The highest BCUT2D eigenvalue weighted by atomic mass is 15.1. The quantitative estimate of drug-likeness (QED) is 0.864. The highest BCUT2D eigenvalue weighted by Crippen LogP contribution is 2.26. The summed E-state index contributed by atoms with van der Waals surface area (Å²) in [6.07, 6.45) is 7.45. The first-order valence-corrected chi connectivity index (χ1v) is 8.03. The van der Waals surface area contributed by atoms with Crippen LogP contribution in [0.2, 0.25) is 0 Å². The highest BCUT2D eigenvalue weighted by molar-refractivity contribution is 5.14. The predicted molar refractivity (Wildman–Crippen MR) is 84.5 cm³/mol. The molecule has 0 aliphatic heterocycles. The van der Waals surface area contributed by atoms with Gasteiger partial charge >= 0.3 is 0 Å². The Kier molecular flexibility index (Phi) is 5.99. The van der Waals surface area contributed by atoms with Crippen LogP contribution in [-0.2, 0) is 13.1 Å². The van der Waals surface area contributed by atoms with Crippen LogP contribution < -0.4 is 5.32 Å². The van der Waals surface area contributed by atoms with Crippen molar-refractivity contribution < 1.29 is 0 Å². The van der Waals surface area contributed by atoms with Gasteiger partial charge in [0, 0.05) is 25.3 Å². The molecule has 0 unspecified atom stereocenters. The first-order valence-electron chi connectivity index (χ1n) is 8.03. The van der Waals surface area contributed by atoms with Gasteiger partial charge in [0.2, 0.25) is 0 Å². The molecule has 1 aromatic rings. The van der Waals surface area contributed by atoms with Crippen LogP contribution in [0.5, 0.6) is 0 Å². The van der Waals surface area contributed by atoms with E-state index in [9.17, 15) is 0 Å². The molecular weight excluding hydrogens is 246 g/mol. The molecule has 0 atom stereocenters. The van der Waals surface area contributed by atoms with E-state index in [1.807, 2.05) is 6.20 Å². The van der Waals surface area contributed by atoms with Gasteiger partial charge in [0.1, 0.15) is 0 Å². The molecule has 1 fully saturated rings. The number of nitrogens with zero attached hydrogens (tertiary/aromatic N) is 2. The maximum Gasteiger partial charge on any atom is 0.0544 e. The Morgan fingerprint density at radius 3 is 2.60 bits per heavy atom. The normalized spacial score (nSPS) is 23.2. The molecule has 1 aromatic heterocycles. The van der Waals surface area contributed by atoms with Crippen LogP contribution in [0.4, 0.5) is 0 Å². The Balaban J connectivity index is 1.83. The largest absolute Gasteiger partial charge is 0.313 e. The maximum absolute atomic E-state index is 4.60. The van der Waals surface area contributed by atoms with Gasteiger partial charge < -0.3 is 5.32 Å². The van der Waals surface area contributed by atoms with E-state index < -0.39 is 0 Å². The average molecular weight is 275 g/mol. The van der Waals surface area contributed by atoms with Crippen LogP contribution in [0.3, 0.4) is 0 Å². The first kappa shape index (κ1) is 15.5. The SMILES string of the molecule is CCNCc1ccc(CN(C)C2CCC(C)CC2)nc1. The molecule has 1 aliphatic carbocycles. The maximum atomic E-state index is 4.60. The summed E-state index contributed by atoms with van der Waals surface area (Å²) in [5, 5.41) is 3.33. The summed E-state index contributed by atoms with van der Waals surface area (Å²) < 4.78 is 0. The predicted octanol–water partition coefficient (Wildman–Crippen LogP) is 3.20. The van der Waals surface area contributed by atoms with Gasteiger partial charge in [0.15, 0.2) is 0 Å². The minimum Gasteiger partial charge on any atom is -0.313 e. The molecule has 112 valence electrons. The van der Waals surface area contributed by atoms with E-state index in [0.29, 0.717) is 0 Å². The van der Waals surface area contributed by atoms with Crippen molar-refractivity contribution in [1.29, 1.82) is 0 Å². The second kappa shape index (κ2) is 7.75. The molecule has 20 heavy (non-hydrogen) atoms. The van der Waals surface area contributed by atoms with Gasteiger partial charge in [-0.2, -0.15) is 0 Å². The van der Waals surface area contributed by atoms with E-state index in [0.717, 1.165) is 31.6 Å². The van der Waals surface area contributed by atoms with E-state index in [4.69, 9.17) is 0 Å². The second-order valence-electron chi connectivity index (χ2n) is 6.27. The Morgan fingerprint density at radius 2 is 2.00 bits per heavy atom. The molecule has 0 saturated heterocycles. The summed E-state index contributed by atoms with van der Waals surface area (Å²) in [5.41, 5.74) is 2.45. The number of nitrogens with one attached hydrogen (secondary N) is 1. The average Bonchev–Trinajstić information content (AvgIpc) is 2.47. The minimum atomic E-state index is 0.745. The van der Waals surface area contributed by atoms with Crippen LogP contribution in [0.1, 0.15) is 50.8 Å². The van der Waals surface area contributed by atoms with Crippen LogP contribution >= 0.6 is 0 Å². The lowest BCUT2D eigenvalue weighted by molar-refractivity contribution is 0.162. The van der Waals surface area contributed by atoms with Crippen molar-refractivity contribution in [2.75, 3.05) is 13.6 Å². The van der Waals surface area contributed by atoms with Gasteiger partial charge in [-0.3, -0.25) is 9.88 Å². The summed E-state index contributed by atoms with van der Waals surface area (Å²) in [6.45, 7) is 7.40. The smallest absolute Gasteiger partial charge is 0.0544 e. The lowest BCUT2D eigenvalue weighted by atomic mass is 9.87. The van der Waals surface area contributed by atoms with Gasteiger partial charge in [-0.15, -0.1) is 0 Å². The van der Waals surface area contributed by atoms with Crippen LogP contribution in [0.25, 0.3) is 0 Å². The summed E-state index contributed by atoms with van der Waals surface area (Å²) in [6, 6.07) is 5.12. The standard InChI is InChI=1S/C17H29N3/c1-4-18-11-15-7-8-16(19-12-15)13-20(3)17-9-5-14(2)6-10-17/h7-8,12,14,17-18H,4-6,9-11,13H2,1-3H3. The lowest BCUT2D eigenvalue weighted by Gasteiger charge is -2.33. The highest BCUT2D eigenvalue weighted by Gasteiger charge is 2.21. The van der Waals surface area contributed by atoms with Crippen molar-refractivity contribution in [2.24, 2.45) is 5.92 Å². The van der Waals surface area contributed by atoms with E-state index in [1.165, 1.54) is 36.9 Å². The third kappa shape index (κ3) is 4.57. The van der Waals surface area contributed by atoms with Crippen LogP contribution in [-0.4, -0.2) is 29.5 Å². The molecule has 1 heterocycles. The molecule has 1 aliphatic rings. The minimum absolute atomic E-state index is 0.745. The molecule has 2 rings (SSSR count). The third-order valence-corrected chi connectivity index (χ3v) is 4.49. The molecule has 0 aromatic carbocycles. The Bertz CT molecular complexity index is 380. The lowest BCUT2D eigenvalue weighted by Crippen LogP contribution is -2.34. The van der Waals surface area contributed by atoms with E-state index in [2.05, 4.69) is 48.2 Å². The van der Waals surface area contributed by atoms with Crippen molar-refractivity contribution in [2.45, 2.75) is 58.7 Å². The van der Waals surface area contributed by atoms with Gasteiger partial charge in [-0.1, -0.05) is 19.9 Å². The molecule has 0 spiro atoms. The number of pyridine rings is 1. The fourth-order valence-corrected chi connectivity index (χ4v) is 2.99. The zero-order valence-corrected chi connectivity index (χ0v) is 13.2. The van der Waals surface area contributed by atoms with Gasteiger partial charge in [-0.05, 0) is 56.8 Å². The first-order chi connectivity index (χ1) is 9.69. The van der Waals surface area contributed by atoms with E-state index in [1.54, 1.807) is 0 Å². The summed E-state index contributed by atoms with van der Waals surface area (Å²) in [5.74, 6) is 0.920. The Labute approximate surface area is 123 Å². The second-order valence-corrected chi connectivity index (χ2v) is 6.27. The zero-order valence-electron chi connectivity index (χ0n) is 13.2. The van der Waals surface area contributed by atoms with Crippen molar-refractivity contribution in [3.05, 3.63) is 29.6 Å². The molecule has 1 saturated carbocycles. The summed E-state index contributed by atoms with van der Waals surface area (Å²) in [4.78, 5) is 7.08. The van der Waals surface area contributed by atoms with Crippen LogP contribution in [0, 0.1) is 5.92 Å². The Morgan fingerprint density at radius 1 is 1.25 bits per heavy atom. The monoisotopic (exact) mass is 275 g/mol. The van der Waals surface area contributed by atoms with Crippen molar-refractivity contribution in [3.63, 3.8) is 0 Å². The zero-order chi connectivity index (χ0) is 14.4. The number of rotatable bonds is 6.